The van der Waals surface area contributed by atoms with Crippen molar-refractivity contribution in [1.29, 1.82) is 0 Å². The van der Waals surface area contributed by atoms with Crippen LogP contribution in [-0.4, -0.2) is 50.7 Å². The molecule has 2 aromatic rings. The second-order valence-electron chi connectivity index (χ2n) is 8.82. The van der Waals surface area contributed by atoms with Crippen LogP contribution < -0.4 is 10.0 Å². The SMILES string of the molecule is CC[C@H](C)[C@H](N=C1NS(=O)(=O)c2ccccc21)C(=O)NCC(c1ccccc1)N1CCCC1. The van der Waals surface area contributed by atoms with Crippen LogP contribution in [0.25, 0.3) is 0 Å². The molecular formula is C25H32N4O3S. The number of carbonyl (C=O) groups is 1. The minimum absolute atomic E-state index is 0.0447. The van der Waals surface area contributed by atoms with E-state index in [-0.39, 0.29) is 28.6 Å². The zero-order valence-electron chi connectivity index (χ0n) is 19.2. The predicted octanol–water partition coefficient (Wildman–Crippen LogP) is 3.09. The lowest BCUT2D eigenvalue weighted by molar-refractivity contribution is -0.123. The zero-order chi connectivity index (χ0) is 23.4. The Balaban J connectivity index is 1.56. The number of carbonyl (C=O) groups excluding carboxylic acids is 1. The summed E-state index contributed by atoms with van der Waals surface area (Å²) >= 11 is 0. The van der Waals surface area contributed by atoms with E-state index in [0.717, 1.165) is 19.5 Å². The smallest absolute Gasteiger partial charge is 0.263 e. The molecule has 0 radical (unpaired) electrons. The molecule has 33 heavy (non-hydrogen) atoms. The summed E-state index contributed by atoms with van der Waals surface area (Å²) in [6.45, 7) is 6.51. The average molecular weight is 469 g/mol. The average Bonchev–Trinajstić information content (AvgIpc) is 3.44. The zero-order valence-corrected chi connectivity index (χ0v) is 20.0. The Kier molecular flexibility index (Phi) is 7.14. The Morgan fingerprint density at radius 3 is 2.45 bits per heavy atom. The van der Waals surface area contributed by atoms with Gasteiger partial charge in [0.1, 0.15) is 11.9 Å². The summed E-state index contributed by atoms with van der Waals surface area (Å²) in [7, 11) is -3.65. The van der Waals surface area contributed by atoms with Crippen molar-refractivity contribution in [2.45, 2.75) is 50.1 Å². The van der Waals surface area contributed by atoms with E-state index >= 15 is 0 Å². The van der Waals surface area contributed by atoms with Gasteiger partial charge in [-0.05, 0) is 49.5 Å². The van der Waals surface area contributed by atoms with Crippen molar-refractivity contribution in [2.75, 3.05) is 19.6 Å². The Labute approximate surface area is 196 Å². The Morgan fingerprint density at radius 1 is 1.09 bits per heavy atom. The van der Waals surface area contributed by atoms with Crippen molar-refractivity contribution in [3.8, 4) is 0 Å². The number of nitrogens with zero attached hydrogens (tertiary/aromatic N) is 2. The molecule has 1 unspecified atom stereocenters. The fourth-order valence-electron chi connectivity index (χ4n) is 4.52. The molecule has 2 N–H and O–H groups in total. The number of aliphatic imine (C=N–C) groups is 1. The van der Waals surface area contributed by atoms with E-state index in [0.29, 0.717) is 12.1 Å². The van der Waals surface area contributed by atoms with Crippen molar-refractivity contribution in [3.63, 3.8) is 0 Å². The molecule has 0 aliphatic carbocycles. The summed E-state index contributed by atoms with van der Waals surface area (Å²) in [5.74, 6) is 0.0162. The Bertz CT molecular complexity index is 1110. The molecule has 4 rings (SSSR count). The van der Waals surface area contributed by atoms with Crippen LogP contribution in [0.2, 0.25) is 0 Å². The van der Waals surface area contributed by atoms with Crippen LogP contribution in [0.15, 0.2) is 64.5 Å². The molecule has 1 amide bonds. The molecular weight excluding hydrogens is 436 g/mol. The van der Waals surface area contributed by atoms with E-state index in [9.17, 15) is 13.2 Å². The van der Waals surface area contributed by atoms with Gasteiger partial charge in [0.25, 0.3) is 10.0 Å². The van der Waals surface area contributed by atoms with Gasteiger partial charge in [-0.25, -0.2) is 8.42 Å². The normalized spacial score (nSPS) is 21.2. The van der Waals surface area contributed by atoms with Gasteiger partial charge in [0.05, 0.1) is 10.9 Å². The van der Waals surface area contributed by atoms with E-state index in [1.165, 1.54) is 18.4 Å². The van der Waals surface area contributed by atoms with Crippen LogP contribution in [0.5, 0.6) is 0 Å². The number of likely N-dealkylation sites (tertiary alicyclic amines) is 1. The number of amides is 1. The highest BCUT2D eigenvalue weighted by molar-refractivity contribution is 7.90. The molecule has 0 saturated carbocycles. The minimum Gasteiger partial charge on any atom is -0.352 e. The van der Waals surface area contributed by atoms with Gasteiger partial charge in [-0.15, -0.1) is 0 Å². The molecule has 2 aliphatic rings. The second kappa shape index (κ2) is 10.1. The maximum Gasteiger partial charge on any atom is 0.263 e. The molecule has 1 fully saturated rings. The first-order valence-corrected chi connectivity index (χ1v) is 13.2. The predicted molar refractivity (Wildman–Crippen MR) is 130 cm³/mol. The number of rotatable bonds is 8. The first kappa shape index (κ1) is 23.4. The molecule has 0 aromatic heterocycles. The topological polar surface area (TPSA) is 90.9 Å². The van der Waals surface area contributed by atoms with Crippen LogP contribution in [0.1, 0.15) is 50.3 Å². The lowest BCUT2D eigenvalue weighted by atomic mass is 9.98. The molecule has 3 atom stereocenters. The van der Waals surface area contributed by atoms with Crippen molar-refractivity contribution in [3.05, 3.63) is 65.7 Å². The lowest BCUT2D eigenvalue weighted by Crippen LogP contribution is -2.43. The fourth-order valence-corrected chi connectivity index (χ4v) is 5.76. The van der Waals surface area contributed by atoms with Crippen molar-refractivity contribution in [1.82, 2.24) is 14.9 Å². The summed E-state index contributed by atoms with van der Waals surface area (Å²) in [5, 5.41) is 3.13. The number of benzene rings is 2. The molecule has 0 bridgehead atoms. The van der Waals surface area contributed by atoms with Crippen molar-refractivity contribution in [2.24, 2.45) is 10.9 Å². The summed E-state index contributed by atoms with van der Waals surface area (Å²) in [6.07, 6.45) is 3.08. The van der Waals surface area contributed by atoms with Gasteiger partial charge in [-0.1, -0.05) is 62.7 Å². The monoisotopic (exact) mass is 468 g/mol. The van der Waals surface area contributed by atoms with Crippen LogP contribution in [-0.2, 0) is 14.8 Å². The van der Waals surface area contributed by atoms with Gasteiger partial charge in [-0.3, -0.25) is 19.4 Å². The van der Waals surface area contributed by atoms with Crippen LogP contribution in [0, 0.1) is 5.92 Å². The first-order chi connectivity index (χ1) is 15.9. The number of hydrogen-bond donors (Lipinski definition) is 2. The standard InChI is InChI=1S/C25H32N4O3S/c1-3-18(2)23(27-24-20-13-7-8-14-22(20)33(31,32)28-24)25(30)26-17-21(29-15-9-10-16-29)19-11-5-4-6-12-19/h4-8,11-14,18,21,23H,3,9-10,15-17H2,1-2H3,(H,26,30)(H,27,28)/t18-,21?,23-/m0/s1. The van der Waals surface area contributed by atoms with Crippen LogP contribution in [0.4, 0.5) is 0 Å². The maximum atomic E-state index is 13.3. The van der Waals surface area contributed by atoms with Gasteiger partial charge in [-0.2, -0.15) is 0 Å². The summed E-state index contributed by atoms with van der Waals surface area (Å²) in [5.41, 5.74) is 1.70. The van der Waals surface area contributed by atoms with Gasteiger partial charge in [0.15, 0.2) is 0 Å². The molecule has 7 nitrogen and oxygen atoms in total. The van der Waals surface area contributed by atoms with E-state index < -0.39 is 16.1 Å². The van der Waals surface area contributed by atoms with Crippen molar-refractivity contribution < 1.29 is 13.2 Å². The largest absolute Gasteiger partial charge is 0.352 e. The van der Waals surface area contributed by atoms with E-state index in [1.807, 2.05) is 32.0 Å². The molecule has 8 heteroatoms. The van der Waals surface area contributed by atoms with Gasteiger partial charge >= 0.3 is 0 Å². The third kappa shape index (κ3) is 5.12. The third-order valence-electron chi connectivity index (χ3n) is 6.62. The Morgan fingerprint density at radius 2 is 1.76 bits per heavy atom. The van der Waals surface area contributed by atoms with Crippen molar-refractivity contribution >= 4 is 21.8 Å². The number of fused-ring (bicyclic) bond motifs is 1. The number of amidine groups is 1. The van der Waals surface area contributed by atoms with Gasteiger partial charge in [0, 0.05) is 12.1 Å². The number of sulfonamides is 1. The molecule has 0 spiro atoms. The highest BCUT2D eigenvalue weighted by Gasteiger charge is 2.33. The highest BCUT2D eigenvalue weighted by Crippen LogP contribution is 2.26. The summed E-state index contributed by atoms with van der Waals surface area (Å²) in [4.78, 5) is 20.6. The molecule has 176 valence electrons. The van der Waals surface area contributed by atoms with Crippen LogP contribution in [0.3, 0.4) is 0 Å². The summed E-state index contributed by atoms with van der Waals surface area (Å²) in [6, 6.07) is 16.4. The van der Waals surface area contributed by atoms with E-state index in [2.05, 4.69) is 32.1 Å². The number of nitrogens with one attached hydrogen (secondary N) is 2. The molecule has 1 saturated heterocycles. The maximum absolute atomic E-state index is 13.3. The lowest BCUT2D eigenvalue weighted by Gasteiger charge is -2.29. The highest BCUT2D eigenvalue weighted by atomic mass is 32.2. The first-order valence-electron chi connectivity index (χ1n) is 11.7. The van der Waals surface area contributed by atoms with Crippen LogP contribution >= 0.6 is 0 Å². The van der Waals surface area contributed by atoms with E-state index in [4.69, 9.17) is 0 Å². The van der Waals surface area contributed by atoms with E-state index in [1.54, 1.807) is 24.3 Å². The Hall–Kier alpha value is -2.71. The quantitative estimate of drug-likeness (QED) is 0.623. The second-order valence-corrected chi connectivity index (χ2v) is 10.5. The minimum atomic E-state index is -3.65. The molecule has 2 aliphatic heterocycles. The summed E-state index contributed by atoms with van der Waals surface area (Å²) < 4.78 is 27.5. The van der Waals surface area contributed by atoms with Gasteiger partial charge in [0.2, 0.25) is 5.91 Å². The molecule has 2 heterocycles. The van der Waals surface area contributed by atoms with Gasteiger partial charge < -0.3 is 5.32 Å². The number of hydrogen-bond acceptors (Lipinski definition) is 5. The fraction of sp³-hybridized carbons (Fsp3) is 0.440. The molecule has 2 aromatic carbocycles. The third-order valence-corrected chi connectivity index (χ3v) is 8.02.